The molecule has 0 amide bonds. The molecule has 0 aromatic rings. The summed E-state index contributed by atoms with van der Waals surface area (Å²) in [7, 11) is 4.02. The van der Waals surface area contributed by atoms with Gasteiger partial charge in [-0.25, -0.2) is 0 Å². The third-order valence-corrected chi connectivity index (χ3v) is 10.7. The molecule has 0 aliphatic rings. The van der Waals surface area contributed by atoms with E-state index in [-0.39, 0.29) is 30.1 Å². The Morgan fingerprint density at radius 3 is 1.40 bits per heavy atom. The van der Waals surface area contributed by atoms with E-state index in [1.165, 1.54) is 103 Å². The van der Waals surface area contributed by atoms with Crippen molar-refractivity contribution in [3.05, 3.63) is 0 Å². The van der Waals surface area contributed by atoms with Crippen molar-refractivity contribution in [2.24, 2.45) is 5.92 Å². The number of unbranched alkanes of at least 4 members (excludes halogenated alkanes) is 16. The number of hydrogen-bond acceptors (Lipinski definition) is 7. The van der Waals surface area contributed by atoms with Crippen LogP contribution in [0.2, 0.25) is 0 Å². The third kappa shape index (κ3) is 36.2. The Labute approximate surface area is 329 Å². The molecule has 53 heavy (non-hydrogen) atoms. The fourth-order valence-corrected chi connectivity index (χ4v) is 7.23. The lowest BCUT2D eigenvalue weighted by atomic mass is 9.96. The average Bonchev–Trinajstić information content (AvgIpc) is 3.12. The van der Waals surface area contributed by atoms with Crippen LogP contribution in [0.3, 0.4) is 0 Å². The molecule has 7 nitrogen and oxygen atoms in total. The summed E-state index contributed by atoms with van der Waals surface area (Å²) in [4.78, 5) is 27.7. The van der Waals surface area contributed by atoms with Gasteiger partial charge in [-0.15, -0.1) is 0 Å². The summed E-state index contributed by atoms with van der Waals surface area (Å²) < 4.78 is 18.1. The Morgan fingerprint density at radius 2 is 0.925 bits per heavy atom. The fraction of sp³-hybridized carbons (Fsp3) is 0.957. The second-order valence-corrected chi connectivity index (χ2v) is 16.4. The highest BCUT2D eigenvalue weighted by Gasteiger charge is 2.19. The molecule has 0 heterocycles. The maximum Gasteiger partial charge on any atom is 0.306 e. The number of aliphatic hydroxyl groups excluding tert-OH is 1. The van der Waals surface area contributed by atoms with Gasteiger partial charge in [-0.3, -0.25) is 9.59 Å². The fourth-order valence-electron chi connectivity index (χ4n) is 7.23. The first-order valence-electron chi connectivity index (χ1n) is 23.1. The van der Waals surface area contributed by atoms with Gasteiger partial charge in [0.1, 0.15) is 6.10 Å². The summed E-state index contributed by atoms with van der Waals surface area (Å²) in [6, 6.07) is 0. The first-order valence-corrected chi connectivity index (χ1v) is 23.1. The second kappa shape index (κ2) is 39.1. The van der Waals surface area contributed by atoms with Crippen molar-refractivity contribution in [1.29, 1.82) is 0 Å². The van der Waals surface area contributed by atoms with Gasteiger partial charge in [0.2, 0.25) is 0 Å². The molecule has 0 saturated heterocycles. The minimum atomic E-state index is -0.767. The van der Waals surface area contributed by atoms with Crippen molar-refractivity contribution in [3.8, 4) is 0 Å². The third-order valence-electron chi connectivity index (χ3n) is 10.7. The number of aliphatic hydroxyl groups is 1. The number of rotatable bonds is 41. The molecular weight excluding hydrogens is 663 g/mol. The van der Waals surface area contributed by atoms with Gasteiger partial charge in [0, 0.05) is 12.8 Å². The zero-order valence-corrected chi connectivity index (χ0v) is 36.3. The van der Waals surface area contributed by atoms with Gasteiger partial charge >= 0.3 is 11.9 Å². The number of hydrogen-bond donors (Lipinski definition) is 1. The Kier molecular flexibility index (Phi) is 38.2. The van der Waals surface area contributed by atoms with E-state index in [4.69, 9.17) is 14.2 Å². The van der Waals surface area contributed by atoms with Gasteiger partial charge in [-0.1, -0.05) is 143 Å². The molecule has 0 fully saturated rings. The standard InChI is InChI=1S/C46H91NO6/c1-7-11-15-19-23-32-42(33-24-20-16-12-8-2)52-45(49)36-27-30-41(40-51-44(48)38-29-39-47(5)6)31-28-37-46(50)53-43(34-25-21-17-13-9-3)35-26-22-18-14-10-4/h41-43,45,49H,7-40H2,1-6H3. The normalized spacial score (nSPS) is 12.9. The van der Waals surface area contributed by atoms with Crippen molar-refractivity contribution < 1.29 is 28.9 Å². The summed E-state index contributed by atoms with van der Waals surface area (Å²) in [5, 5.41) is 10.9. The summed E-state index contributed by atoms with van der Waals surface area (Å²) in [5.41, 5.74) is 0. The first kappa shape index (κ1) is 51.8. The minimum Gasteiger partial charge on any atom is -0.465 e. The molecule has 7 heteroatoms. The van der Waals surface area contributed by atoms with Crippen molar-refractivity contribution in [1.82, 2.24) is 4.90 Å². The van der Waals surface area contributed by atoms with E-state index in [1.807, 2.05) is 14.1 Å². The van der Waals surface area contributed by atoms with Gasteiger partial charge in [-0.2, -0.15) is 0 Å². The zero-order valence-electron chi connectivity index (χ0n) is 36.3. The lowest BCUT2D eigenvalue weighted by molar-refractivity contribution is -0.150. The topological polar surface area (TPSA) is 85.3 Å². The van der Waals surface area contributed by atoms with Crippen LogP contribution in [0.4, 0.5) is 0 Å². The number of carbonyl (C=O) groups is 2. The van der Waals surface area contributed by atoms with Gasteiger partial charge in [-0.05, 0) is 104 Å². The highest BCUT2D eigenvalue weighted by Crippen LogP contribution is 2.23. The van der Waals surface area contributed by atoms with E-state index in [1.54, 1.807) is 0 Å². The van der Waals surface area contributed by atoms with Crippen molar-refractivity contribution in [3.63, 3.8) is 0 Å². The predicted molar refractivity (Wildman–Crippen MR) is 224 cm³/mol. The van der Waals surface area contributed by atoms with Crippen molar-refractivity contribution >= 4 is 11.9 Å². The maximum atomic E-state index is 13.0. The summed E-state index contributed by atoms with van der Waals surface area (Å²) in [6.07, 6.45) is 33.4. The van der Waals surface area contributed by atoms with Crippen LogP contribution in [0.5, 0.6) is 0 Å². The van der Waals surface area contributed by atoms with Crippen molar-refractivity contribution in [2.75, 3.05) is 27.2 Å². The molecule has 0 aliphatic carbocycles. The molecule has 2 atom stereocenters. The number of esters is 2. The molecular formula is C46H91NO6. The zero-order chi connectivity index (χ0) is 39.2. The number of carbonyl (C=O) groups excluding carboxylic acids is 2. The highest BCUT2D eigenvalue weighted by molar-refractivity contribution is 5.69. The smallest absolute Gasteiger partial charge is 0.306 e. The summed E-state index contributed by atoms with van der Waals surface area (Å²) in [5.74, 6) is -0.0921. The van der Waals surface area contributed by atoms with Crippen LogP contribution in [0.25, 0.3) is 0 Å². The molecule has 0 aliphatic heterocycles. The Balaban J connectivity index is 5.07. The van der Waals surface area contributed by atoms with Gasteiger partial charge < -0.3 is 24.2 Å². The lowest BCUT2D eigenvalue weighted by Gasteiger charge is -2.23. The SMILES string of the molecule is CCCCCCCC(CCCCCCC)OC(=O)CCCC(CCCC(O)OC(CCCCCCC)CCCCCCC)COC(=O)CCCN(C)C. The molecule has 316 valence electrons. The molecule has 1 N–H and O–H groups in total. The Hall–Kier alpha value is -1.18. The van der Waals surface area contributed by atoms with Crippen LogP contribution < -0.4 is 0 Å². The number of ether oxygens (including phenoxy) is 3. The van der Waals surface area contributed by atoms with E-state index in [9.17, 15) is 14.7 Å². The first-order chi connectivity index (χ1) is 25.7. The largest absolute Gasteiger partial charge is 0.465 e. The van der Waals surface area contributed by atoms with E-state index >= 15 is 0 Å². The number of nitrogens with zero attached hydrogens (tertiary/aromatic N) is 1. The van der Waals surface area contributed by atoms with Gasteiger partial charge in [0.15, 0.2) is 6.29 Å². The van der Waals surface area contributed by atoms with Gasteiger partial charge in [0.25, 0.3) is 0 Å². The Bertz CT molecular complexity index is 764. The van der Waals surface area contributed by atoms with Crippen LogP contribution in [-0.4, -0.2) is 67.7 Å². The Morgan fingerprint density at radius 1 is 0.491 bits per heavy atom. The van der Waals surface area contributed by atoms with Crippen LogP contribution in [-0.2, 0) is 23.8 Å². The monoisotopic (exact) mass is 754 g/mol. The predicted octanol–water partition coefficient (Wildman–Crippen LogP) is 12.9. The minimum absolute atomic E-state index is 0.0302. The molecule has 2 unspecified atom stereocenters. The second-order valence-electron chi connectivity index (χ2n) is 16.4. The lowest BCUT2D eigenvalue weighted by Crippen LogP contribution is -2.23. The molecule has 0 rings (SSSR count). The van der Waals surface area contributed by atoms with E-state index < -0.39 is 6.29 Å². The molecule has 0 bridgehead atoms. The molecule has 0 aromatic carbocycles. The van der Waals surface area contributed by atoms with E-state index in [0.717, 1.165) is 90.0 Å². The summed E-state index contributed by atoms with van der Waals surface area (Å²) in [6.45, 7) is 10.2. The van der Waals surface area contributed by atoms with Gasteiger partial charge in [0.05, 0.1) is 12.7 Å². The van der Waals surface area contributed by atoms with E-state index in [0.29, 0.717) is 25.9 Å². The highest BCUT2D eigenvalue weighted by atomic mass is 16.6. The molecule has 0 spiro atoms. The van der Waals surface area contributed by atoms with Crippen LogP contribution in [0.1, 0.15) is 233 Å². The quantitative estimate of drug-likeness (QED) is 0.0378. The molecule has 0 radical (unpaired) electrons. The average molecular weight is 754 g/mol. The summed E-state index contributed by atoms with van der Waals surface area (Å²) >= 11 is 0. The maximum absolute atomic E-state index is 13.0. The van der Waals surface area contributed by atoms with Crippen molar-refractivity contribution in [2.45, 2.75) is 252 Å². The molecule has 0 aromatic heterocycles. The molecule has 0 saturated carbocycles. The van der Waals surface area contributed by atoms with Crippen LogP contribution >= 0.6 is 0 Å². The van der Waals surface area contributed by atoms with Crippen LogP contribution in [0, 0.1) is 5.92 Å². The van der Waals surface area contributed by atoms with E-state index in [2.05, 4.69) is 32.6 Å². The van der Waals surface area contributed by atoms with Crippen LogP contribution in [0.15, 0.2) is 0 Å².